The van der Waals surface area contributed by atoms with E-state index in [4.69, 9.17) is 5.11 Å². The highest BCUT2D eigenvalue weighted by Gasteiger charge is 2.11. The van der Waals surface area contributed by atoms with E-state index in [1.54, 1.807) is 0 Å². The van der Waals surface area contributed by atoms with E-state index in [1.807, 2.05) is 0 Å². The van der Waals surface area contributed by atoms with Crippen LogP contribution in [0.25, 0.3) is 0 Å². The van der Waals surface area contributed by atoms with Crippen LogP contribution in [-0.2, 0) is 4.79 Å². The van der Waals surface area contributed by atoms with Gasteiger partial charge in [-0.15, -0.1) is 10.2 Å². The average Bonchev–Trinajstić information content (AvgIpc) is 3.00. The van der Waals surface area contributed by atoms with Crippen LogP contribution in [0.2, 0.25) is 0 Å². The molecule has 0 radical (unpaired) electrons. The topological polar surface area (TPSA) is 150 Å². The fraction of sp³-hybridized carbons (Fsp3) is 0.0909. The molecular formula is C11H10N6O4. The molecule has 1 heterocycles. The lowest BCUT2D eigenvalue weighted by Crippen LogP contribution is -2.29. The van der Waals surface area contributed by atoms with Crippen molar-refractivity contribution in [3.05, 3.63) is 35.7 Å². The summed E-state index contributed by atoms with van der Waals surface area (Å²) >= 11 is 0. The molecule has 0 saturated heterocycles. The predicted molar refractivity (Wildman–Crippen MR) is 68.5 cm³/mol. The van der Waals surface area contributed by atoms with Crippen molar-refractivity contribution in [1.82, 2.24) is 25.9 Å². The van der Waals surface area contributed by atoms with Gasteiger partial charge in [0.25, 0.3) is 17.6 Å². The molecule has 21 heavy (non-hydrogen) atoms. The lowest BCUT2D eigenvalue weighted by molar-refractivity contribution is -0.135. The van der Waals surface area contributed by atoms with Crippen LogP contribution in [0.5, 0.6) is 0 Å². The minimum atomic E-state index is -1.13. The lowest BCUT2D eigenvalue weighted by atomic mass is 10.2. The summed E-state index contributed by atoms with van der Waals surface area (Å²) in [7, 11) is 0. The first-order valence-corrected chi connectivity index (χ1v) is 5.71. The van der Waals surface area contributed by atoms with Gasteiger partial charge in [-0.05, 0) is 29.5 Å². The number of nitrogens with one attached hydrogen (secondary N) is 3. The van der Waals surface area contributed by atoms with E-state index in [-0.39, 0.29) is 11.4 Å². The van der Waals surface area contributed by atoms with Crippen LogP contribution >= 0.6 is 0 Å². The van der Waals surface area contributed by atoms with Crippen LogP contribution in [0, 0.1) is 0 Å². The van der Waals surface area contributed by atoms with E-state index < -0.39 is 24.3 Å². The Hall–Kier alpha value is -3.30. The number of nitrogens with zero attached hydrogens (tertiary/aromatic N) is 3. The second-order valence-corrected chi connectivity index (χ2v) is 3.84. The summed E-state index contributed by atoms with van der Waals surface area (Å²) in [5.41, 5.74) is 0.702. The second kappa shape index (κ2) is 6.23. The zero-order valence-electron chi connectivity index (χ0n) is 10.5. The third-order valence-corrected chi connectivity index (χ3v) is 2.35. The van der Waals surface area contributed by atoms with Gasteiger partial charge < -0.3 is 15.7 Å². The molecule has 0 aliphatic carbocycles. The standard InChI is InChI=1S/C11H10N6O4/c18-8(19)5-12-10(20)6-1-3-7(4-2-6)13-11(21)9-14-16-17-15-9/h1-4H,5H2,(H,12,20)(H,13,21)(H,18,19)(H,14,15,16,17). The maximum Gasteiger partial charge on any atom is 0.322 e. The van der Waals surface area contributed by atoms with Gasteiger partial charge >= 0.3 is 5.97 Å². The summed E-state index contributed by atoms with van der Waals surface area (Å²) in [4.78, 5) is 33.5. The molecule has 0 aliphatic rings. The summed E-state index contributed by atoms with van der Waals surface area (Å²) in [6.07, 6.45) is 0. The number of H-pyrrole nitrogens is 1. The Labute approximate surface area is 117 Å². The van der Waals surface area contributed by atoms with Crippen molar-refractivity contribution in [2.75, 3.05) is 11.9 Å². The lowest BCUT2D eigenvalue weighted by Gasteiger charge is -2.05. The molecule has 1 aromatic carbocycles. The van der Waals surface area contributed by atoms with E-state index >= 15 is 0 Å². The Morgan fingerprint density at radius 3 is 2.43 bits per heavy atom. The molecule has 2 aromatic rings. The predicted octanol–water partition coefficient (Wildman–Crippen LogP) is -0.734. The number of benzene rings is 1. The number of aliphatic carboxylic acids is 1. The monoisotopic (exact) mass is 290 g/mol. The van der Waals surface area contributed by atoms with E-state index in [2.05, 4.69) is 31.3 Å². The molecule has 0 saturated carbocycles. The van der Waals surface area contributed by atoms with Crippen molar-refractivity contribution in [3.8, 4) is 0 Å². The normalized spacial score (nSPS) is 9.90. The Bertz CT molecular complexity index is 652. The molecule has 0 bridgehead atoms. The average molecular weight is 290 g/mol. The fourth-order valence-corrected chi connectivity index (χ4v) is 1.41. The Balaban J connectivity index is 1.97. The van der Waals surface area contributed by atoms with Gasteiger partial charge in [-0.25, -0.2) is 0 Å². The summed E-state index contributed by atoms with van der Waals surface area (Å²) in [6, 6.07) is 5.88. The smallest absolute Gasteiger partial charge is 0.322 e. The van der Waals surface area contributed by atoms with Crippen molar-refractivity contribution >= 4 is 23.5 Å². The van der Waals surface area contributed by atoms with Gasteiger partial charge in [0, 0.05) is 11.3 Å². The molecule has 2 rings (SSSR count). The number of amides is 2. The van der Waals surface area contributed by atoms with Crippen molar-refractivity contribution in [3.63, 3.8) is 0 Å². The molecular weight excluding hydrogens is 280 g/mol. The SMILES string of the molecule is O=C(O)CNC(=O)c1ccc(NC(=O)c2nn[nH]n2)cc1. The van der Waals surface area contributed by atoms with Gasteiger partial charge in [-0.2, -0.15) is 5.21 Å². The molecule has 1 aromatic heterocycles. The minimum Gasteiger partial charge on any atom is -0.480 e. The summed E-state index contributed by atoms with van der Waals surface area (Å²) in [5.74, 6) is -2.31. The van der Waals surface area contributed by atoms with E-state index in [9.17, 15) is 14.4 Å². The van der Waals surface area contributed by atoms with Crippen LogP contribution in [0.1, 0.15) is 21.0 Å². The molecule has 2 amide bonds. The number of tetrazole rings is 1. The fourth-order valence-electron chi connectivity index (χ4n) is 1.41. The zero-order chi connectivity index (χ0) is 15.2. The highest BCUT2D eigenvalue weighted by Crippen LogP contribution is 2.10. The van der Waals surface area contributed by atoms with Gasteiger partial charge in [0.15, 0.2) is 0 Å². The van der Waals surface area contributed by atoms with Crippen molar-refractivity contribution in [2.24, 2.45) is 0 Å². The molecule has 0 spiro atoms. The number of carboxylic acid groups (broad SMARTS) is 1. The van der Waals surface area contributed by atoms with Gasteiger partial charge in [0.05, 0.1) is 0 Å². The largest absolute Gasteiger partial charge is 0.480 e. The summed E-state index contributed by atoms with van der Waals surface area (Å²) in [6.45, 7) is -0.463. The number of carboxylic acids is 1. The Morgan fingerprint density at radius 1 is 1.14 bits per heavy atom. The van der Waals surface area contributed by atoms with E-state index in [0.29, 0.717) is 5.69 Å². The summed E-state index contributed by atoms with van der Waals surface area (Å²) in [5, 5.41) is 25.6. The van der Waals surface area contributed by atoms with Gasteiger partial charge in [0.2, 0.25) is 0 Å². The van der Waals surface area contributed by atoms with Gasteiger partial charge in [-0.3, -0.25) is 14.4 Å². The van der Waals surface area contributed by atoms with Crippen LogP contribution in [-0.4, -0.2) is 50.1 Å². The van der Waals surface area contributed by atoms with Crippen LogP contribution in [0.4, 0.5) is 5.69 Å². The molecule has 0 aliphatic heterocycles. The number of anilines is 1. The van der Waals surface area contributed by atoms with Crippen LogP contribution in [0.3, 0.4) is 0 Å². The first-order chi connectivity index (χ1) is 10.1. The Morgan fingerprint density at radius 2 is 1.86 bits per heavy atom. The highest BCUT2D eigenvalue weighted by atomic mass is 16.4. The third-order valence-electron chi connectivity index (χ3n) is 2.35. The molecule has 0 atom stereocenters. The number of aromatic amines is 1. The zero-order valence-corrected chi connectivity index (χ0v) is 10.5. The number of rotatable bonds is 5. The van der Waals surface area contributed by atoms with Crippen molar-refractivity contribution < 1.29 is 19.5 Å². The highest BCUT2D eigenvalue weighted by molar-refractivity contribution is 6.02. The van der Waals surface area contributed by atoms with Crippen molar-refractivity contribution in [2.45, 2.75) is 0 Å². The number of hydrogen-bond donors (Lipinski definition) is 4. The van der Waals surface area contributed by atoms with Gasteiger partial charge in [0.1, 0.15) is 6.54 Å². The third kappa shape index (κ3) is 3.83. The maximum atomic E-state index is 11.6. The minimum absolute atomic E-state index is 0.113. The number of carbonyl (C=O) groups is 3. The van der Waals surface area contributed by atoms with E-state index in [0.717, 1.165) is 0 Å². The molecule has 0 fully saturated rings. The molecule has 4 N–H and O–H groups in total. The molecule has 10 nitrogen and oxygen atoms in total. The molecule has 108 valence electrons. The van der Waals surface area contributed by atoms with Gasteiger partial charge in [-0.1, -0.05) is 0 Å². The number of hydrogen-bond acceptors (Lipinski definition) is 6. The molecule has 0 unspecified atom stereocenters. The molecule has 10 heteroatoms. The maximum absolute atomic E-state index is 11.6. The quantitative estimate of drug-likeness (QED) is 0.566. The van der Waals surface area contributed by atoms with E-state index in [1.165, 1.54) is 24.3 Å². The first kappa shape index (κ1) is 14.1. The number of carbonyl (C=O) groups excluding carboxylic acids is 2. The summed E-state index contributed by atoms with van der Waals surface area (Å²) < 4.78 is 0. The van der Waals surface area contributed by atoms with Crippen LogP contribution in [0.15, 0.2) is 24.3 Å². The van der Waals surface area contributed by atoms with Crippen LogP contribution < -0.4 is 10.6 Å². The Kier molecular flexibility index (Phi) is 4.19. The second-order valence-electron chi connectivity index (χ2n) is 3.84. The number of aromatic nitrogens is 4. The first-order valence-electron chi connectivity index (χ1n) is 5.71. The van der Waals surface area contributed by atoms with Crippen molar-refractivity contribution in [1.29, 1.82) is 0 Å².